The molecular formula is C20H48Cl2N2P2Ru. The third-order valence-electron chi connectivity index (χ3n) is 3.94. The molecule has 0 aliphatic heterocycles. The van der Waals surface area contributed by atoms with Gasteiger partial charge in [-0.05, 0) is 46.0 Å². The molecule has 0 aliphatic carbocycles. The van der Waals surface area contributed by atoms with Gasteiger partial charge in [0.2, 0.25) is 0 Å². The van der Waals surface area contributed by atoms with Crippen LogP contribution >= 0.6 is 35.2 Å². The fourth-order valence-corrected chi connectivity index (χ4v) is 10.8. The topological polar surface area (TPSA) is 52.0 Å². The molecule has 0 rings (SSSR count). The summed E-state index contributed by atoms with van der Waals surface area (Å²) in [5.74, 6) is 0. The van der Waals surface area contributed by atoms with Crippen molar-refractivity contribution in [1.29, 1.82) is 0 Å². The average molecular weight is 551 g/mol. The molecule has 0 fully saturated rings. The standard InChI is InChI=1S/2C10H24NP.2ClH.Ru/c2*1-9(2,3)12(8-7-11)10(4,5)6;;;/h2*7-8,11H2,1-6H3;2*1H;/q;;;;+2/p-2. The monoisotopic (exact) mass is 550 g/mol. The Morgan fingerprint density at radius 1 is 0.556 bits per heavy atom. The Morgan fingerprint density at radius 3 is 0.741 bits per heavy atom. The normalized spacial score (nSPS) is 13.3. The molecule has 0 amide bonds. The molecule has 0 radical (unpaired) electrons. The summed E-state index contributed by atoms with van der Waals surface area (Å²) in [6.07, 6.45) is 2.39. The molecule has 2 nitrogen and oxygen atoms in total. The van der Waals surface area contributed by atoms with Gasteiger partial charge in [-0.25, -0.2) is 0 Å². The van der Waals surface area contributed by atoms with Crippen LogP contribution in [0.4, 0.5) is 0 Å². The first-order chi connectivity index (χ1) is 11.8. The van der Waals surface area contributed by atoms with Crippen LogP contribution in [0.25, 0.3) is 0 Å². The Kier molecular flexibility index (Phi) is 18.5. The van der Waals surface area contributed by atoms with Crippen molar-refractivity contribution in [3.8, 4) is 0 Å². The molecule has 0 aromatic carbocycles. The molecule has 0 aromatic heterocycles. The molecule has 0 spiro atoms. The zero-order chi connectivity index (χ0) is 22.7. The third-order valence-corrected chi connectivity index (χ3v) is 11.8. The summed E-state index contributed by atoms with van der Waals surface area (Å²) in [7, 11) is 9.77. The Hall–Kier alpha value is 1.98. The molecule has 0 aliphatic rings. The molecule has 0 saturated carbocycles. The van der Waals surface area contributed by atoms with E-state index in [1.165, 1.54) is 12.3 Å². The van der Waals surface area contributed by atoms with Crippen molar-refractivity contribution < 1.29 is 15.1 Å². The van der Waals surface area contributed by atoms with E-state index in [1.54, 1.807) is 0 Å². The van der Waals surface area contributed by atoms with Gasteiger partial charge < -0.3 is 11.5 Å². The average Bonchev–Trinajstić information content (AvgIpc) is 2.38. The van der Waals surface area contributed by atoms with E-state index in [0.29, 0.717) is 20.6 Å². The van der Waals surface area contributed by atoms with Crippen LogP contribution in [0.3, 0.4) is 0 Å². The van der Waals surface area contributed by atoms with Gasteiger partial charge in [-0.15, -0.1) is 0 Å². The second-order valence-electron chi connectivity index (χ2n) is 10.6. The quantitative estimate of drug-likeness (QED) is 0.283. The molecule has 0 saturated heterocycles. The number of halogens is 2. The van der Waals surface area contributed by atoms with E-state index >= 15 is 0 Å². The Bertz CT molecular complexity index is 295. The van der Waals surface area contributed by atoms with E-state index in [2.05, 4.69) is 83.1 Å². The summed E-state index contributed by atoms with van der Waals surface area (Å²) in [6, 6.07) is 0. The molecule has 0 heterocycles. The van der Waals surface area contributed by atoms with Crippen LogP contribution in [0.1, 0.15) is 83.1 Å². The van der Waals surface area contributed by atoms with E-state index in [0.717, 1.165) is 13.1 Å². The van der Waals surface area contributed by atoms with Crippen molar-refractivity contribution in [2.75, 3.05) is 25.4 Å². The molecule has 0 unspecified atom stereocenters. The van der Waals surface area contributed by atoms with Crippen molar-refractivity contribution in [3.05, 3.63) is 0 Å². The van der Waals surface area contributed by atoms with Crippen molar-refractivity contribution in [1.82, 2.24) is 0 Å². The van der Waals surface area contributed by atoms with Gasteiger partial charge in [-0.1, -0.05) is 98.9 Å². The number of rotatable bonds is 4. The van der Waals surface area contributed by atoms with Gasteiger partial charge in [0.1, 0.15) is 0 Å². The molecule has 27 heavy (non-hydrogen) atoms. The van der Waals surface area contributed by atoms with Gasteiger partial charge in [0.15, 0.2) is 0 Å². The van der Waals surface area contributed by atoms with Crippen molar-refractivity contribution >= 4 is 35.2 Å². The zero-order valence-electron chi connectivity index (χ0n) is 20.0. The predicted octanol–water partition coefficient (Wildman–Crippen LogP) is 7.42. The first-order valence-corrected chi connectivity index (χ1v) is 17.1. The first kappa shape index (κ1) is 33.6. The van der Waals surface area contributed by atoms with Gasteiger partial charge in [-0.3, -0.25) is 0 Å². The van der Waals surface area contributed by atoms with Gasteiger partial charge in [0.25, 0.3) is 0 Å². The molecule has 7 heteroatoms. The third kappa shape index (κ3) is 18.5. The van der Waals surface area contributed by atoms with E-state index in [-0.39, 0.29) is 31.0 Å². The first-order valence-electron chi connectivity index (χ1n) is 9.61. The van der Waals surface area contributed by atoms with Crippen LogP contribution in [0.2, 0.25) is 0 Å². The number of hydrogen-bond acceptors (Lipinski definition) is 2. The van der Waals surface area contributed by atoms with Gasteiger partial charge in [0.05, 0.1) is 0 Å². The van der Waals surface area contributed by atoms with E-state index in [1.807, 2.05) is 0 Å². The summed E-state index contributed by atoms with van der Waals surface area (Å²) >= 11 is -0.346. The maximum absolute atomic E-state index is 5.64. The second-order valence-corrected chi connectivity index (χ2v) is 21.2. The fourth-order valence-electron chi connectivity index (χ4n) is 3.61. The number of hydrogen-bond donors (Lipinski definition) is 2. The van der Waals surface area contributed by atoms with Crippen molar-refractivity contribution in [2.24, 2.45) is 11.5 Å². The van der Waals surface area contributed by atoms with Crippen molar-refractivity contribution in [2.45, 2.75) is 104 Å². The molecule has 170 valence electrons. The summed E-state index contributed by atoms with van der Waals surface area (Å²) in [4.78, 5) is 0. The molecule has 0 bridgehead atoms. The van der Waals surface area contributed by atoms with Crippen LogP contribution in [-0.2, 0) is 15.1 Å². The molecule has 4 N–H and O–H groups in total. The molecule has 0 aromatic rings. The zero-order valence-corrected chi connectivity index (χ0v) is 25.0. The summed E-state index contributed by atoms with van der Waals surface area (Å²) in [6.45, 7) is 29.7. The van der Waals surface area contributed by atoms with Crippen LogP contribution in [0.15, 0.2) is 0 Å². The minimum atomic E-state index is -0.346. The van der Waals surface area contributed by atoms with Crippen LogP contribution in [-0.4, -0.2) is 46.0 Å². The predicted molar refractivity (Wildman–Crippen MR) is 132 cm³/mol. The summed E-state index contributed by atoms with van der Waals surface area (Å²) < 4.78 is 0. The SMILES string of the molecule is CC(C)(C)P(CCN)C(C)(C)C.CC(C)(C)P(CCN)C(C)(C)C.[Cl][Ru][Cl]. The van der Waals surface area contributed by atoms with E-state index in [4.69, 9.17) is 30.8 Å². The van der Waals surface area contributed by atoms with Crippen LogP contribution < -0.4 is 11.5 Å². The van der Waals surface area contributed by atoms with E-state index in [9.17, 15) is 0 Å². The molecular weight excluding hydrogens is 502 g/mol. The van der Waals surface area contributed by atoms with Gasteiger partial charge in [-0.2, -0.15) is 0 Å². The molecule has 0 atom stereocenters. The fraction of sp³-hybridized carbons (Fsp3) is 1.00. The van der Waals surface area contributed by atoms with Gasteiger partial charge in [0, 0.05) is 0 Å². The number of nitrogens with two attached hydrogens (primary N) is 2. The van der Waals surface area contributed by atoms with Crippen LogP contribution in [0.5, 0.6) is 0 Å². The minimum absolute atomic E-state index is 0.0322. The second kappa shape index (κ2) is 14.9. The van der Waals surface area contributed by atoms with E-state index < -0.39 is 0 Å². The summed E-state index contributed by atoms with van der Waals surface area (Å²) in [5, 5.41) is 1.75. The Labute approximate surface area is 190 Å². The summed E-state index contributed by atoms with van der Waals surface area (Å²) in [5.41, 5.74) is 11.3. The Balaban J connectivity index is -0.000000372. The Morgan fingerprint density at radius 2 is 0.704 bits per heavy atom. The van der Waals surface area contributed by atoms with Gasteiger partial charge >= 0.3 is 34.5 Å². The van der Waals surface area contributed by atoms with Crippen molar-refractivity contribution in [3.63, 3.8) is 0 Å². The van der Waals surface area contributed by atoms with Crippen LogP contribution in [0, 0.1) is 0 Å². The maximum atomic E-state index is 5.64.